The Kier molecular flexibility index (Phi) is 4.12. The highest BCUT2D eigenvalue weighted by Gasteiger charge is 2.21. The van der Waals surface area contributed by atoms with Crippen LogP contribution >= 0.6 is 0 Å². The zero-order valence-corrected chi connectivity index (χ0v) is 12.8. The molecule has 8 heteroatoms. The number of fused-ring (bicyclic) bond motifs is 1. The van der Waals surface area contributed by atoms with Gasteiger partial charge in [-0.15, -0.1) is 0 Å². The van der Waals surface area contributed by atoms with Crippen LogP contribution in [0.15, 0.2) is 39.5 Å². The van der Waals surface area contributed by atoms with E-state index in [-0.39, 0.29) is 52.8 Å². The van der Waals surface area contributed by atoms with E-state index in [2.05, 4.69) is 0 Å². The molecule has 130 valence electrons. The van der Waals surface area contributed by atoms with Crippen LogP contribution < -0.4 is 10.2 Å². The molecule has 0 aliphatic heterocycles. The van der Waals surface area contributed by atoms with Gasteiger partial charge in [-0.25, -0.2) is 0 Å². The van der Waals surface area contributed by atoms with Gasteiger partial charge in [0.25, 0.3) is 0 Å². The molecule has 0 radical (unpaired) electrons. The largest absolute Gasteiger partial charge is 0.508 e. The molecule has 0 amide bonds. The van der Waals surface area contributed by atoms with Crippen molar-refractivity contribution in [1.29, 1.82) is 0 Å². The Hall–Kier alpha value is -3.39. The number of rotatable bonds is 4. The molecule has 0 saturated carbocycles. The van der Waals surface area contributed by atoms with Crippen LogP contribution in [0.3, 0.4) is 0 Å². The van der Waals surface area contributed by atoms with Crippen LogP contribution in [0.5, 0.6) is 28.7 Å². The second-order valence-corrected chi connectivity index (χ2v) is 5.20. The molecule has 3 rings (SSSR count). The van der Waals surface area contributed by atoms with Crippen molar-refractivity contribution < 1.29 is 34.7 Å². The van der Waals surface area contributed by atoms with Crippen LogP contribution in [-0.2, 0) is 0 Å². The molecule has 1 aromatic heterocycles. The van der Waals surface area contributed by atoms with Gasteiger partial charge in [-0.2, -0.15) is 0 Å². The second kappa shape index (κ2) is 6.25. The normalized spacial score (nSPS) is 10.9. The van der Waals surface area contributed by atoms with E-state index in [1.165, 1.54) is 12.1 Å². The Morgan fingerprint density at radius 1 is 0.960 bits per heavy atom. The lowest BCUT2D eigenvalue weighted by Crippen LogP contribution is -2.13. The van der Waals surface area contributed by atoms with Crippen molar-refractivity contribution in [3.05, 3.63) is 40.6 Å². The molecule has 0 atom stereocenters. The van der Waals surface area contributed by atoms with E-state index in [1.807, 2.05) is 0 Å². The van der Waals surface area contributed by atoms with Crippen LogP contribution in [0.1, 0.15) is 0 Å². The summed E-state index contributed by atoms with van der Waals surface area (Å²) in [6.07, 6.45) is 0. The molecule has 0 saturated heterocycles. The topological polar surface area (TPSA) is 141 Å². The third-order valence-electron chi connectivity index (χ3n) is 3.49. The van der Waals surface area contributed by atoms with Gasteiger partial charge in [0.1, 0.15) is 29.1 Å². The molecule has 8 nitrogen and oxygen atoms in total. The lowest BCUT2D eigenvalue weighted by molar-refractivity contribution is 0.199. The maximum Gasteiger partial charge on any atom is 0.239 e. The highest BCUT2D eigenvalue weighted by Crippen LogP contribution is 2.38. The van der Waals surface area contributed by atoms with Crippen molar-refractivity contribution in [3.8, 4) is 40.1 Å². The number of phenols is 4. The van der Waals surface area contributed by atoms with Crippen molar-refractivity contribution in [2.45, 2.75) is 0 Å². The predicted octanol–water partition coefficient (Wildman–Crippen LogP) is 1.65. The monoisotopic (exact) mass is 346 g/mol. The van der Waals surface area contributed by atoms with Gasteiger partial charge >= 0.3 is 0 Å². The average molecular weight is 346 g/mol. The van der Waals surface area contributed by atoms with E-state index in [0.717, 1.165) is 18.2 Å². The molecule has 0 fully saturated rings. The Morgan fingerprint density at radius 2 is 1.72 bits per heavy atom. The Labute approximate surface area is 140 Å². The molecule has 3 aromatic rings. The van der Waals surface area contributed by atoms with E-state index >= 15 is 0 Å². The van der Waals surface area contributed by atoms with Crippen LogP contribution in [0.2, 0.25) is 0 Å². The third-order valence-corrected chi connectivity index (χ3v) is 3.49. The van der Waals surface area contributed by atoms with E-state index < -0.39 is 16.9 Å². The Morgan fingerprint density at radius 3 is 2.40 bits per heavy atom. The highest BCUT2D eigenvalue weighted by molar-refractivity contribution is 5.88. The minimum absolute atomic E-state index is 0.0914. The minimum Gasteiger partial charge on any atom is -0.508 e. The first-order valence-corrected chi connectivity index (χ1v) is 7.21. The second-order valence-electron chi connectivity index (χ2n) is 5.20. The molecule has 0 spiro atoms. The predicted molar refractivity (Wildman–Crippen MR) is 87.2 cm³/mol. The van der Waals surface area contributed by atoms with Gasteiger partial charge in [-0.3, -0.25) is 4.79 Å². The zero-order chi connectivity index (χ0) is 18.1. The third kappa shape index (κ3) is 2.90. The SMILES string of the molecule is O=c1c(OCCO)c(-c2ccc(O)c(O)c2)oc2cc(O)cc(O)c12. The number of hydrogen-bond acceptors (Lipinski definition) is 8. The van der Waals surface area contributed by atoms with E-state index in [1.54, 1.807) is 0 Å². The number of aliphatic hydroxyl groups excluding tert-OH is 1. The zero-order valence-electron chi connectivity index (χ0n) is 12.8. The van der Waals surface area contributed by atoms with E-state index in [4.69, 9.17) is 14.3 Å². The van der Waals surface area contributed by atoms with Gasteiger partial charge in [0.05, 0.1) is 6.61 Å². The summed E-state index contributed by atoms with van der Waals surface area (Å²) in [7, 11) is 0. The molecule has 0 aliphatic carbocycles. The fraction of sp³-hybridized carbons (Fsp3) is 0.118. The summed E-state index contributed by atoms with van der Waals surface area (Å²) in [6, 6.07) is 5.88. The highest BCUT2D eigenvalue weighted by atomic mass is 16.5. The fourth-order valence-corrected chi connectivity index (χ4v) is 2.40. The number of phenolic OH excluding ortho intramolecular Hbond substituents is 4. The molecular formula is C17H14O8. The number of hydrogen-bond donors (Lipinski definition) is 5. The van der Waals surface area contributed by atoms with Gasteiger partial charge < -0.3 is 34.7 Å². The van der Waals surface area contributed by atoms with Gasteiger partial charge in [0.2, 0.25) is 11.2 Å². The Bertz CT molecular complexity index is 1010. The summed E-state index contributed by atoms with van der Waals surface area (Å²) in [5.41, 5.74) is -0.596. The summed E-state index contributed by atoms with van der Waals surface area (Å²) in [6.45, 7) is -0.564. The van der Waals surface area contributed by atoms with Crippen LogP contribution in [0.4, 0.5) is 0 Å². The molecule has 0 bridgehead atoms. The summed E-state index contributed by atoms with van der Waals surface area (Å²) in [4.78, 5) is 12.7. The molecule has 0 unspecified atom stereocenters. The maximum absolute atomic E-state index is 12.7. The summed E-state index contributed by atoms with van der Waals surface area (Å²) in [5, 5.41) is 47.4. The molecule has 25 heavy (non-hydrogen) atoms. The number of benzene rings is 2. The Balaban J connectivity index is 2.35. The molecule has 2 aromatic carbocycles. The first kappa shape index (κ1) is 16.5. The van der Waals surface area contributed by atoms with Gasteiger partial charge in [-0.05, 0) is 18.2 Å². The lowest BCUT2D eigenvalue weighted by atomic mass is 10.1. The smallest absolute Gasteiger partial charge is 0.239 e. The van der Waals surface area contributed by atoms with Crippen molar-refractivity contribution in [1.82, 2.24) is 0 Å². The molecule has 1 heterocycles. The quantitative estimate of drug-likeness (QED) is 0.449. The average Bonchev–Trinajstić information content (AvgIpc) is 2.55. The van der Waals surface area contributed by atoms with Crippen molar-refractivity contribution in [2.24, 2.45) is 0 Å². The van der Waals surface area contributed by atoms with Crippen molar-refractivity contribution >= 4 is 11.0 Å². The number of aromatic hydroxyl groups is 4. The van der Waals surface area contributed by atoms with Gasteiger partial charge in [-0.1, -0.05) is 0 Å². The molecule has 5 N–H and O–H groups in total. The van der Waals surface area contributed by atoms with Crippen LogP contribution in [0, 0.1) is 0 Å². The van der Waals surface area contributed by atoms with Gasteiger partial charge in [0.15, 0.2) is 17.3 Å². The van der Waals surface area contributed by atoms with E-state index in [9.17, 15) is 25.2 Å². The van der Waals surface area contributed by atoms with E-state index in [0.29, 0.717) is 0 Å². The number of ether oxygens (including phenoxy) is 1. The molecule has 0 aliphatic rings. The lowest BCUT2D eigenvalue weighted by Gasteiger charge is -2.12. The first-order chi connectivity index (χ1) is 11.9. The van der Waals surface area contributed by atoms with Crippen LogP contribution in [-0.4, -0.2) is 38.7 Å². The number of aliphatic hydroxyl groups is 1. The minimum atomic E-state index is -0.713. The standard InChI is InChI=1S/C17H14O8/c18-3-4-24-17-15(23)14-12(22)6-9(19)7-13(14)25-16(17)8-1-2-10(20)11(21)5-8/h1-2,5-7,18-22H,3-4H2. The van der Waals surface area contributed by atoms with Crippen molar-refractivity contribution in [2.75, 3.05) is 13.2 Å². The summed E-state index contributed by atoms with van der Waals surface area (Å²) >= 11 is 0. The van der Waals surface area contributed by atoms with Crippen LogP contribution in [0.25, 0.3) is 22.3 Å². The first-order valence-electron chi connectivity index (χ1n) is 7.21. The van der Waals surface area contributed by atoms with Crippen molar-refractivity contribution in [3.63, 3.8) is 0 Å². The van der Waals surface area contributed by atoms with Gasteiger partial charge in [0, 0.05) is 17.7 Å². The molecular weight excluding hydrogens is 332 g/mol. The summed E-state index contributed by atoms with van der Waals surface area (Å²) < 4.78 is 10.9. The fourth-order valence-electron chi connectivity index (χ4n) is 2.40. The summed E-state index contributed by atoms with van der Waals surface area (Å²) in [5.74, 6) is -1.97. The maximum atomic E-state index is 12.7.